The van der Waals surface area contributed by atoms with Crippen LogP contribution in [0.2, 0.25) is 0 Å². The fourth-order valence-electron chi connectivity index (χ4n) is 0.965. The maximum absolute atomic E-state index is 11.1. The molecule has 0 rings (SSSR count). The van der Waals surface area contributed by atoms with Crippen LogP contribution >= 0.6 is 0 Å². The van der Waals surface area contributed by atoms with Gasteiger partial charge in [0.25, 0.3) is 0 Å². The minimum absolute atomic E-state index is 0. The van der Waals surface area contributed by atoms with Gasteiger partial charge in [-0.05, 0) is 13.5 Å². The van der Waals surface area contributed by atoms with Gasteiger partial charge in [-0.15, -0.1) is 0 Å². The molecule has 0 heterocycles. The zero-order valence-corrected chi connectivity index (χ0v) is 9.27. The average Bonchev–Trinajstić information content (AvgIpc) is 2.20. The number of ether oxygens (including phenoxy) is 1. The second kappa shape index (κ2) is 16.8. The molecular formula is C12H30N2O2. The van der Waals surface area contributed by atoms with Gasteiger partial charge in [-0.3, -0.25) is 4.79 Å². The van der Waals surface area contributed by atoms with E-state index in [2.05, 4.69) is 17.6 Å². The maximum Gasteiger partial charge on any atom is 0.220 e. The van der Waals surface area contributed by atoms with Crippen molar-refractivity contribution in [3.63, 3.8) is 0 Å². The van der Waals surface area contributed by atoms with E-state index in [9.17, 15) is 4.79 Å². The topological polar surface area (TPSA) is 50.4 Å². The van der Waals surface area contributed by atoms with Crippen LogP contribution in [0.1, 0.15) is 41.0 Å². The van der Waals surface area contributed by atoms with Crippen LogP contribution in [0, 0.1) is 0 Å². The number of carbonyl (C=O) groups is 1. The Morgan fingerprint density at radius 1 is 1.19 bits per heavy atom. The summed E-state index contributed by atoms with van der Waals surface area (Å²) in [6, 6.07) is 0. The van der Waals surface area contributed by atoms with Crippen molar-refractivity contribution < 1.29 is 9.53 Å². The summed E-state index contributed by atoms with van der Waals surface area (Å²) in [5, 5.41) is 5.79. The van der Waals surface area contributed by atoms with E-state index in [0.717, 1.165) is 19.4 Å². The summed E-state index contributed by atoms with van der Waals surface area (Å²) < 4.78 is 5.25. The highest BCUT2D eigenvalue weighted by Crippen LogP contribution is 1.92. The molecule has 0 aromatic rings. The molecule has 0 radical (unpaired) electrons. The summed E-state index contributed by atoms with van der Waals surface area (Å²) in [7, 11) is 1.88. The Morgan fingerprint density at radius 3 is 2.38 bits per heavy atom. The largest absolute Gasteiger partial charge is 0.378 e. The van der Waals surface area contributed by atoms with Crippen molar-refractivity contribution in [1.29, 1.82) is 0 Å². The molecule has 0 atom stereocenters. The van der Waals surface area contributed by atoms with Crippen molar-refractivity contribution in [3.05, 3.63) is 0 Å². The van der Waals surface area contributed by atoms with Crippen molar-refractivity contribution in [1.82, 2.24) is 10.6 Å². The second-order valence-corrected chi connectivity index (χ2v) is 3.17. The molecule has 4 nitrogen and oxygen atoms in total. The van der Waals surface area contributed by atoms with E-state index in [4.69, 9.17) is 4.74 Å². The van der Waals surface area contributed by atoms with Crippen molar-refractivity contribution in [2.45, 2.75) is 41.0 Å². The molecule has 0 aliphatic heterocycles. The van der Waals surface area contributed by atoms with Gasteiger partial charge < -0.3 is 15.4 Å². The van der Waals surface area contributed by atoms with Crippen LogP contribution in [0.4, 0.5) is 0 Å². The molecule has 0 aliphatic carbocycles. The summed E-state index contributed by atoms with van der Waals surface area (Å²) in [6.45, 7) is 4.84. The Kier molecular flexibility index (Phi) is 21.8. The van der Waals surface area contributed by atoms with E-state index in [1.54, 1.807) is 0 Å². The van der Waals surface area contributed by atoms with E-state index in [0.29, 0.717) is 26.2 Å². The molecule has 0 aromatic carbocycles. The van der Waals surface area contributed by atoms with Crippen LogP contribution in [0.15, 0.2) is 0 Å². The highest BCUT2D eigenvalue weighted by atomic mass is 16.5. The highest BCUT2D eigenvalue weighted by Gasteiger charge is 1.98. The van der Waals surface area contributed by atoms with Crippen LogP contribution < -0.4 is 10.6 Å². The normalized spacial score (nSPS) is 8.88. The number of carbonyl (C=O) groups excluding carboxylic acids is 1. The number of hydrogen-bond donors (Lipinski definition) is 2. The molecule has 4 heteroatoms. The lowest BCUT2D eigenvalue weighted by Gasteiger charge is -2.05. The van der Waals surface area contributed by atoms with Crippen molar-refractivity contribution in [2.24, 2.45) is 0 Å². The van der Waals surface area contributed by atoms with E-state index < -0.39 is 0 Å². The van der Waals surface area contributed by atoms with Crippen molar-refractivity contribution in [2.75, 3.05) is 33.4 Å². The van der Waals surface area contributed by atoms with E-state index >= 15 is 0 Å². The lowest BCUT2D eigenvalue weighted by molar-refractivity contribution is -0.121. The smallest absolute Gasteiger partial charge is 0.220 e. The minimum Gasteiger partial charge on any atom is -0.378 e. The van der Waals surface area contributed by atoms with E-state index in [1.165, 1.54) is 0 Å². The minimum atomic E-state index is 0. The fraction of sp³-hybridized carbons (Fsp3) is 0.917. The monoisotopic (exact) mass is 234 g/mol. The van der Waals surface area contributed by atoms with Crippen molar-refractivity contribution in [3.8, 4) is 0 Å². The van der Waals surface area contributed by atoms with Gasteiger partial charge >= 0.3 is 0 Å². The summed E-state index contributed by atoms with van der Waals surface area (Å²) in [5.74, 6) is 0.129. The number of likely N-dealkylation sites (N-methyl/N-ethyl adjacent to an activating group) is 1. The molecule has 0 aromatic heterocycles. The van der Waals surface area contributed by atoms with Gasteiger partial charge in [0, 0.05) is 19.5 Å². The van der Waals surface area contributed by atoms with E-state index in [-0.39, 0.29) is 20.8 Å². The van der Waals surface area contributed by atoms with Crippen LogP contribution in [0.3, 0.4) is 0 Å². The summed E-state index contributed by atoms with van der Waals surface area (Å²) in [5.41, 5.74) is 0. The standard InChI is InChI=1S/C10H22N2O2.2CH4/c1-3-4-5-10(13)12-7-9-14-8-6-11-2;;/h11H,3-9H2,1-2H3,(H,12,13);2*1H4. The molecule has 2 N–H and O–H groups in total. The molecule has 0 unspecified atom stereocenters. The molecule has 16 heavy (non-hydrogen) atoms. The zero-order valence-electron chi connectivity index (χ0n) is 9.27. The Labute approximate surface area is 101 Å². The number of unbranched alkanes of at least 4 members (excludes halogenated alkanes) is 1. The SMILES string of the molecule is C.C.CCCCC(=O)NCCOCCNC. The Morgan fingerprint density at radius 2 is 1.81 bits per heavy atom. The van der Waals surface area contributed by atoms with Gasteiger partial charge in [-0.2, -0.15) is 0 Å². The quantitative estimate of drug-likeness (QED) is 0.598. The van der Waals surface area contributed by atoms with Crippen LogP contribution in [0.5, 0.6) is 0 Å². The number of amides is 1. The lowest BCUT2D eigenvalue weighted by Crippen LogP contribution is -2.27. The number of rotatable bonds is 9. The summed E-state index contributed by atoms with van der Waals surface area (Å²) >= 11 is 0. The van der Waals surface area contributed by atoms with Crippen LogP contribution in [-0.4, -0.2) is 39.3 Å². The van der Waals surface area contributed by atoms with Gasteiger partial charge in [0.1, 0.15) is 0 Å². The van der Waals surface area contributed by atoms with Gasteiger partial charge in [-0.25, -0.2) is 0 Å². The maximum atomic E-state index is 11.1. The fourth-order valence-corrected chi connectivity index (χ4v) is 0.965. The van der Waals surface area contributed by atoms with Gasteiger partial charge in [0.2, 0.25) is 5.91 Å². The molecule has 0 saturated carbocycles. The first-order valence-electron chi connectivity index (χ1n) is 5.30. The molecule has 0 aliphatic rings. The highest BCUT2D eigenvalue weighted by molar-refractivity contribution is 5.75. The third-order valence-corrected chi connectivity index (χ3v) is 1.82. The molecular weight excluding hydrogens is 204 g/mol. The third kappa shape index (κ3) is 15.8. The predicted molar refractivity (Wildman–Crippen MR) is 70.7 cm³/mol. The van der Waals surface area contributed by atoms with Crippen LogP contribution in [0.25, 0.3) is 0 Å². The zero-order chi connectivity index (χ0) is 10.6. The first-order chi connectivity index (χ1) is 6.81. The van der Waals surface area contributed by atoms with Gasteiger partial charge in [-0.1, -0.05) is 28.2 Å². The molecule has 0 spiro atoms. The Hall–Kier alpha value is -0.610. The molecule has 1 amide bonds. The van der Waals surface area contributed by atoms with Crippen molar-refractivity contribution >= 4 is 5.91 Å². The lowest BCUT2D eigenvalue weighted by atomic mass is 10.2. The number of hydrogen-bond acceptors (Lipinski definition) is 3. The molecule has 0 bridgehead atoms. The number of nitrogens with one attached hydrogen (secondary N) is 2. The third-order valence-electron chi connectivity index (χ3n) is 1.82. The summed E-state index contributed by atoms with van der Waals surface area (Å²) in [4.78, 5) is 11.1. The van der Waals surface area contributed by atoms with Crippen LogP contribution in [-0.2, 0) is 9.53 Å². The Bertz CT molecular complexity index is 141. The van der Waals surface area contributed by atoms with Gasteiger partial charge in [0.15, 0.2) is 0 Å². The predicted octanol–water partition coefficient (Wildman–Crippen LogP) is 1.80. The molecule has 0 saturated heterocycles. The first-order valence-corrected chi connectivity index (χ1v) is 5.30. The van der Waals surface area contributed by atoms with Gasteiger partial charge in [0.05, 0.1) is 13.2 Å². The average molecular weight is 234 g/mol. The summed E-state index contributed by atoms with van der Waals surface area (Å²) in [6.07, 6.45) is 2.66. The second-order valence-electron chi connectivity index (χ2n) is 3.17. The molecule has 0 fully saturated rings. The first kappa shape index (κ1) is 20.8. The van der Waals surface area contributed by atoms with E-state index in [1.807, 2.05) is 7.05 Å². The Balaban J connectivity index is -0.000000845. The molecule has 100 valence electrons.